The third-order valence-electron chi connectivity index (χ3n) is 2.74. The standard InChI is InChI=1S/C12H11FN4O/c1-7-4-9(16-18-7)6-17-11-3-2-8(13)5-10(11)15-12(17)14/h2-5H,6H2,1H3,(H2,14,15). The second-order valence-electron chi connectivity index (χ2n) is 4.12. The molecule has 0 aliphatic rings. The molecule has 1 aromatic carbocycles. The number of halogens is 1. The van der Waals surface area contributed by atoms with Crippen molar-refractivity contribution in [1.82, 2.24) is 14.7 Å². The molecule has 6 heteroatoms. The summed E-state index contributed by atoms with van der Waals surface area (Å²) in [5, 5.41) is 3.90. The first-order valence-electron chi connectivity index (χ1n) is 5.47. The van der Waals surface area contributed by atoms with Gasteiger partial charge in [-0.1, -0.05) is 5.16 Å². The highest BCUT2D eigenvalue weighted by Crippen LogP contribution is 2.20. The van der Waals surface area contributed by atoms with Gasteiger partial charge >= 0.3 is 0 Å². The lowest BCUT2D eigenvalue weighted by Gasteiger charge is -2.02. The molecule has 92 valence electrons. The van der Waals surface area contributed by atoms with Crippen molar-refractivity contribution in [1.29, 1.82) is 0 Å². The Bertz CT molecular complexity index is 716. The zero-order chi connectivity index (χ0) is 12.7. The second kappa shape index (κ2) is 3.83. The van der Waals surface area contributed by atoms with Gasteiger partial charge in [-0.2, -0.15) is 0 Å². The van der Waals surface area contributed by atoms with Gasteiger partial charge in [0.15, 0.2) is 0 Å². The largest absolute Gasteiger partial charge is 0.369 e. The van der Waals surface area contributed by atoms with Gasteiger partial charge in [-0.05, 0) is 19.1 Å². The van der Waals surface area contributed by atoms with Gasteiger partial charge in [-0.25, -0.2) is 9.37 Å². The van der Waals surface area contributed by atoms with Crippen molar-refractivity contribution in [3.8, 4) is 0 Å². The maximum absolute atomic E-state index is 13.1. The van der Waals surface area contributed by atoms with Crippen LogP contribution in [0.2, 0.25) is 0 Å². The highest BCUT2D eigenvalue weighted by atomic mass is 19.1. The molecule has 0 atom stereocenters. The summed E-state index contributed by atoms with van der Waals surface area (Å²) >= 11 is 0. The summed E-state index contributed by atoms with van der Waals surface area (Å²) in [6.07, 6.45) is 0. The Morgan fingerprint density at radius 2 is 2.22 bits per heavy atom. The first-order chi connectivity index (χ1) is 8.63. The van der Waals surface area contributed by atoms with Crippen LogP contribution in [0.5, 0.6) is 0 Å². The minimum atomic E-state index is -0.329. The molecule has 2 heterocycles. The van der Waals surface area contributed by atoms with Gasteiger partial charge < -0.3 is 14.8 Å². The molecule has 0 unspecified atom stereocenters. The summed E-state index contributed by atoms with van der Waals surface area (Å²) in [5.74, 6) is 0.736. The molecule has 0 radical (unpaired) electrons. The fourth-order valence-electron chi connectivity index (χ4n) is 1.94. The fourth-order valence-corrected chi connectivity index (χ4v) is 1.94. The Labute approximate surface area is 102 Å². The van der Waals surface area contributed by atoms with Gasteiger partial charge in [0.05, 0.1) is 17.6 Å². The average molecular weight is 246 g/mol. The smallest absolute Gasteiger partial charge is 0.201 e. The van der Waals surface area contributed by atoms with E-state index in [1.54, 1.807) is 10.6 Å². The molecule has 0 aliphatic carbocycles. The van der Waals surface area contributed by atoms with Crippen LogP contribution in [0.25, 0.3) is 11.0 Å². The van der Waals surface area contributed by atoms with E-state index in [0.717, 1.165) is 17.0 Å². The van der Waals surface area contributed by atoms with Crippen molar-refractivity contribution in [3.63, 3.8) is 0 Å². The zero-order valence-electron chi connectivity index (χ0n) is 9.72. The SMILES string of the molecule is Cc1cc(Cn2c(N)nc3cc(F)ccc32)no1. The van der Waals surface area contributed by atoms with E-state index in [9.17, 15) is 4.39 Å². The molecule has 2 aromatic heterocycles. The van der Waals surface area contributed by atoms with Crippen LogP contribution in [0.4, 0.5) is 10.3 Å². The third-order valence-corrected chi connectivity index (χ3v) is 2.74. The van der Waals surface area contributed by atoms with Crippen LogP contribution in [0.1, 0.15) is 11.5 Å². The van der Waals surface area contributed by atoms with Crippen molar-refractivity contribution < 1.29 is 8.91 Å². The topological polar surface area (TPSA) is 69.9 Å². The Morgan fingerprint density at radius 3 is 2.94 bits per heavy atom. The van der Waals surface area contributed by atoms with Crippen LogP contribution in [0.15, 0.2) is 28.8 Å². The van der Waals surface area contributed by atoms with E-state index in [0.29, 0.717) is 18.0 Å². The Morgan fingerprint density at radius 1 is 1.39 bits per heavy atom. The van der Waals surface area contributed by atoms with Crippen molar-refractivity contribution >= 4 is 17.0 Å². The number of rotatable bonds is 2. The normalized spacial score (nSPS) is 11.2. The van der Waals surface area contributed by atoms with E-state index in [2.05, 4.69) is 10.1 Å². The molecule has 0 fully saturated rings. The van der Waals surface area contributed by atoms with Crippen molar-refractivity contribution in [2.75, 3.05) is 5.73 Å². The molecule has 3 aromatic rings. The van der Waals surface area contributed by atoms with Gasteiger partial charge in [-0.3, -0.25) is 0 Å². The van der Waals surface area contributed by atoms with Crippen LogP contribution >= 0.6 is 0 Å². The van der Waals surface area contributed by atoms with Gasteiger partial charge in [0.25, 0.3) is 0 Å². The molecule has 0 saturated carbocycles. The Hall–Kier alpha value is -2.37. The van der Waals surface area contributed by atoms with Crippen LogP contribution in [0.3, 0.4) is 0 Å². The summed E-state index contributed by atoms with van der Waals surface area (Å²) < 4.78 is 19.9. The number of benzene rings is 1. The van der Waals surface area contributed by atoms with Crippen molar-refractivity contribution in [3.05, 3.63) is 41.5 Å². The highest BCUT2D eigenvalue weighted by molar-refractivity contribution is 5.78. The lowest BCUT2D eigenvalue weighted by molar-refractivity contribution is 0.389. The molecule has 5 nitrogen and oxygen atoms in total. The van der Waals surface area contributed by atoms with E-state index in [-0.39, 0.29) is 5.82 Å². The average Bonchev–Trinajstić information content (AvgIpc) is 2.84. The number of anilines is 1. The number of nitrogens with zero attached hydrogens (tertiary/aromatic N) is 3. The summed E-state index contributed by atoms with van der Waals surface area (Å²) in [6, 6.07) is 6.22. The summed E-state index contributed by atoms with van der Waals surface area (Å²) in [4.78, 5) is 4.12. The van der Waals surface area contributed by atoms with E-state index in [4.69, 9.17) is 10.3 Å². The quantitative estimate of drug-likeness (QED) is 0.751. The molecule has 3 rings (SSSR count). The minimum Gasteiger partial charge on any atom is -0.369 e. The fraction of sp³-hybridized carbons (Fsp3) is 0.167. The number of nitrogens with two attached hydrogens (primary N) is 1. The maximum atomic E-state index is 13.1. The van der Waals surface area contributed by atoms with Crippen molar-refractivity contribution in [2.24, 2.45) is 0 Å². The number of aryl methyl sites for hydroxylation is 1. The van der Waals surface area contributed by atoms with Gasteiger partial charge in [0, 0.05) is 12.1 Å². The molecule has 0 saturated heterocycles. The van der Waals surface area contributed by atoms with Gasteiger partial charge in [0.2, 0.25) is 5.95 Å². The molecule has 0 aliphatic heterocycles. The molecule has 0 bridgehead atoms. The zero-order valence-corrected chi connectivity index (χ0v) is 9.72. The first kappa shape index (κ1) is 10.8. The van der Waals surface area contributed by atoms with Crippen molar-refractivity contribution in [2.45, 2.75) is 13.5 Å². The second-order valence-corrected chi connectivity index (χ2v) is 4.12. The number of aromatic nitrogens is 3. The highest BCUT2D eigenvalue weighted by Gasteiger charge is 2.11. The predicted molar refractivity (Wildman–Crippen MR) is 64.4 cm³/mol. The van der Waals surface area contributed by atoms with E-state index >= 15 is 0 Å². The van der Waals surface area contributed by atoms with Crippen LogP contribution in [-0.4, -0.2) is 14.7 Å². The molecule has 0 spiro atoms. The molecule has 0 amide bonds. The van der Waals surface area contributed by atoms with Gasteiger partial charge in [0.1, 0.15) is 17.3 Å². The molecule has 2 N–H and O–H groups in total. The summed E-state index contributed by atoms with van der Waals surface area (Å²) in [6.45, 7) is 2.27. The van der Waals surface area contributed by atoms with E-state index in [1.807, 2.05) is 13.0 Å². The predicted octanol–water partition coefficient (Wildman–Crippen LogP) is 2.10. The van der Waals surface area contributed by atoms with Gasteiger partial charge in [-0.15, -0.1) is 0 Å². The molecule has 18 heavy (non-hydrogen) atoms. The van der Waals surface area contributed by atoms with Crippen LogP contribution in [0, 0.1) is 12.7 Å². The summed E-state index contributed by atoms with van der Waals surface area (Å²) in [5.41, 5.74) is 7.89. The molecular weight excluding hydrogens is 235 g/mol. The third kappa shape index (κ3) is 1.71. The number of nitrogen functional groups attached to an aromatic ring is 1. The maximum Gasteiger partial charge on any atom is 0.201 e. The summed E-state index contributed by atoms with van der Waals surface area (Å²) in [7, 11) is 0. The Kier molecular flexibility index (Phi) is 2.29. The molecular formula is C12H11FN4O. The van der Waals surface area contributed by atoms with Crippen LogP contribution < -0.4 is 5.73 Å². The number of hydrogen-bond acceptors (Lipinski definition) is 4. The minimum absolute atomic E-state index is 0.329. The lowest BCUT2D eigenvalue weighted by atomic mass is 10.3. The van der Waals surface area contributed by atoms with E-state index in [1.165, 1.54) is 12.1 Å². The van der Waals surface area contributed by atoms with Crippen LogP contribution in [-0.2, 0) is 6.54 Å². The number of imidazole rings is 1. The Balaban J connectivity index is 2.08. The van der Waals surface area contributed by atoms with E-state index < -0.39 is 0 Å². The monoisotopic (exact) mass is 246 g/mol. The number of hydrogen-bond donors (Lipinski definition) is 1. The number of fused-ring (bicyclic) bond motifs is 1. The first-order valence-corrected chi connectivity index (χ1v) is 5.47. The lowest BCUT2D eigenvalue weighted by Crippen LogP contribution is -2.04.